The zero-order valence-corrected chi connectivity index (χ0v) is 9.19. The van der Waals surface area contributed by atoms with E-state index in [1.54, 1.807) is 17.9 Å². The molecule has 0 bridgehead atoms. The van der Waals surface area contributed by atoms with E-state index in [0.717, 1.165) is 5.56 Å². The predicted molar refractivity (Wildman–Crippen MR) is 65.7 cm³/mol. The second-order valence-electron chi connectivity index (χ2n) is 2.54. The predicted octanol–water partition coefficient (Wildman–Crippen LogP) is 4.03. The molecule has 0 atom stereocenters. The summed E-state index contributed by atoms with van der Waals surface area (Å²) in [6, 6.07) is 9.75. The fraction of sp³-hybridized carbons (Fsp3) is 0.100. The summed E-state index contributed by atoms with van der Waals surface area (Å²) < 4.78 is 0. The van der Waals surface area contributed by atoms with Gasteiger partial charge in [0.15, 0.2) is 5.78 Å². The summed E-state index contributed by atoms with van der Waals surface area (Å²) in [5.41, 5.74) is 26.8. The molecule has 0 aliphatic rings. The Labute approximate surface area is 98.2 Å². The van der Waals surface area contributed by atoms with Crippen LogP contribution >= 0.6 is 0 Å². The molecule has 0 aromatic heterocycles. The summed E-state index contributed by atoms with van der Waals surface area (Å²) in [7, 11) is 0. The molecule has 0 aliphatic heterocycles. The van der Waals surface area contributed by atoms with Gasteiger partial charge in [-0.1, -0.05) is 36.4 Å². The maximum absolute atomic E-state index is 10.5. The number of hydrogen-bond acceptors (Lipinski definition) is 2. The highest BCUT2D eigenvalue weighted by molar-refractivity contribution is 5.91. The molecule has 17 heavy (non-hydrogen) atoms. The third-order valence-corrected chi connectivity index (χ3v) is 1.31. The van der Waals surface area contributed by atoms with E-state index in [0.29, 0.717) is 0 Å². The van der Waals surface area contributed by atoms with Crippen molar-refractivity contribution < 1.29 is 4.79 Å². The van der Waals surface area contributed by atoms with Crippen molar-refractivity contribution in [3.63, 3.8) is 0 Å². The zero-order valence-electron chi connectivity index (χ0n) is 9.19. The number of ketones is 1. The topological polar surface area (TPSA) is 136 Å². The Morgan fingerprint density at radius 3 is 2.00 bits per heavy atom. The van der Waals surface area contributed by atoms with E-state index in [-0.39, 0.29) is 5.78 Å². The first-order valence-corrected chi connectivity index (χ1v) is 4.35. The van der Waals surface area contributed by atoms with Gasteiger partial charge in [0.1, 0.15) is 0 Å². The molecule has 0 spiro atoms. The Balaban J connectivity index is 0. The van der Waals surface area contributed by atoms with E-state index in [4.69, 9.17) is 22.1 Å². The van der Waals surface area contributed by atoms with Crippen molar-refractivity contribution in [2.24, 2.45) is 0 Å². The van der Waals surface area contributed by atoms with Crippen LogP contribution in [0.4, 0.5) is 0 Å². The number of benzene rings is 1. The molecule has 0 fully saturated rings. The third kappa shape index (κ3) is 16.0. The lowest BCUT2D eigenvalue weighted by atomic mass is 10.2. The molecule has 0 saturated heterocycles. The third-order valence-electron chi connectivity index (χ3n) is 1.31. The minimum Gasteiger partial charge on any atom is -0.373 e. The largest absolute Gasteiger partial charge is 0.373 e. The van der Waals surface area contributed by atoms with Crippen LogP contribution in [-0.2, 0) is 4.79 Å². The van der Waals surface area contributed by atoms with Crippen molar-refractivity contribution in [2.75, 3.05) is 0 Å². The van der Waals surface area contributed by atoms with E-state index in [2.05, 4.69) is 0 Å². The summed E-state index contributed by atoms with van der Waals surface area (Å²) in [6.07, 6.45) is 3.37. The molecular weight excluding hydrogens is 220 g/mol. The number of nitrogens with one attached hydrogen (secondary N) is 1. The van der Waals surface area contributed by atoms with E-state index in [9.17, 15) is 4.79 Å². The number of carbonyl (C=O) groups excluding carboxylic acids is 1. The van der Waals surface area contributed by atoms with Gasteiger partial charge in [0.2, 0.25) is 0 Å². The Hall–Kier alpha value is -2.75. The highest BCUT2D eigenvalue weighted by Gasteiger charge is 1.83. The van der Waals surface area contributed by atoms with Crippen molar-refractivity contribution in [3.05, 3.63) is 68.4 Å². The smallest absolute Gasteiger partial charge is 0.152 e. The van der Waals surface area contributed by atoms with Crippen LogP contribution in [0.5, 0.6) is 0 Å². The lowest BCUT2D eigenvalue weighted by Crippen LogP contribution is -1.79. The van der Waals surface area contributed by atoms with E-state index in [1.165, 1.54) is 4.91 Å². The van der Waals surface area contributed by atoms with E-state index < -0.39 is 0 Å². The molecule has 1 N–H and O–H groups in total. The highest BCUT2D eigenvalue weighted by atomic mass is 16.1. The molecule has 1 rings (SSSR count). The molecule has 7 heteroatoms. The molecular formula is C10H11N6O-. The molecule has 0 amide bonds. The summed E-state index contributed by atoms with van der Waals surface area (Å²) in [5.74, 6) is 0.0776. The minimum absolute atomic E-state index is 0.0776. The van der Waals surface area contributed by atoms with Crippen molar-refractivity contribution in [1.82, 2.24) is 0 Å². The second-order valence-corrected chi connectivity index (χ2v) is 2.54. The molecule has 1 aromatic rings. The number of allylic oxidation sites excluding steroid dienone is 1. The lowest BCUT2D eigenvalue weighted by molar-refractivity contribution is -0.112. The van der Waals surface area contributed by atoms with Gasteiger partial charge in [0, 0.05) is 0 Å². The molecule has 0 radical (unpaired) electrons. The Bertz CT molecular complexity index is 402. The second kappa shape index (κ2) is 13.2. The van der Waals surface area contributed by atoms with Gasteiger partial charge in [-0.3, -0.25) is 9.71 Å². The summed E-state index contributed by atoms with van der Waals surface area (Å²) >= 11 is 0. The van der Waals surface area contributed by atoms with Gasteiger partial charge in [0.25, 0.3) is 0 Å². The van der Waals surface area contributed by atoms with Crippen molar-refractivity contribution in [1.29, 1.82) is 5.53 Å². The zero-order chi connectivity index (χ0) is 13.5. The van der Waals surface area contributed by atoms with Gasteiger partial charge in [-0.15, -0.1) is 5.53 Å². The number of hydrogen-bond donors (Lipinski definition) is 1. The number of nitrogens with zero attached hydrogens (tertiary/aromatic N) is 5. The van der Waals surface area contributed by atoms with Crippen molar-refractivity contribution >= 4 is 11.9 Å². The average Bonchev–Trinajstić information content (AvgIpc) is 2.30. The van der Waals surface area contributed by atoms with Gasteiger partial charge in [-0.2, -0.15) is 0 Å². The normalized spacial score (nSPS) is 7.59. The number of rotatable bonds is 2. The first kappa shape index (κ1) is 16.7. The molecule has 0 heterocycles. The monoisotopic (exact) mass is 231 g/mol. The average molecular weight is 231 g/mol. The van der Waals surface area contributed by atoms with Gasteiger partial charge in [-0.25, -0.2) is 0 Å². The van der Waals surface area contributed by atoms with Crippen molar-refractivity contribution in [2.45, 2.75) is 6.92 Å². The Morgan fingerprint density at radius 1 is 1.24 bits per heavy atom. The first-order chi connectivity index (χ1) is 8.12. The van der Waals surface area contributed by atoms with Crippen LogP contribution < -0.4 is 0 Å². The SMILES string of the molecule is CC(=O)C=Cc1ccccc1.[N-]=[N+]=N.[N-]=[N+]=[N-]. The summed E-state index contributed by atoms with van der Waals surface area (Å²) in [5, 5.41) is 0. The van der Waals surface area contributed by atoms with E-state index in [1.807, 2.05) is 36.4 Å². The molecule has 88 valence electrons. The van der Waals surface area contributed by atoms with Crippen LogP contribution in [0.15, 0.2) is 36.4 Å². The fourth-order valence-electron chi connectivity index (χ4n) is 0.778. The van der Waals surface area contributed by atoms with Crippen LogP contribution in [0.1, 0.15) is 12.5 Å². The summed E-state index contributed by atoms with van der Waals surface area (Å²) in [4.78, 5) is 13.8. The van der Waals surface area contributed by atoms with Gasteiger partial charge >= 0.3 is 0 Å². The Kier molecular flexibility index (Phi) is 13.0. The molecule has 0 unspecified atom stereocenters. The minimum atomic E-state index is 0.0776. The molecule has 0 aliphatic carbocycles. The molecule has 1 aromatic carbocycles. The standard InChI is InChI=1S/C10H10O.HN3.N3/c1-9(11)7-8-10-5-3-2-4-6-10;2*1-3-2/h2-8H,1H3;1H;/q;;-1. The number of carbonyl (C=O) groups is 1. The maximum atomic E-state index is 10.5. The maximum Gasteiger partial charge on any atom is 0.152 e. The fourth-order valence-corrected chi connectivity index (χ4v) is 0.778. The van der Waals surface area contributed by atoms with Crippen LogP contribution in [-0.4, -0.2) is 5.78 Å². The van der Waals surface area contributed by atoms with Crippen molar-refractivity contribution in [3.8, 4) is 0 Å². The van der Waals surface area contributed by atoms with E-state index >= 15 is 0 Å². The van der Waals surface area contributed by atoms with Gasteiger partial charge in [0.05, 0.1) is 0 Å². The van der Waals surface area contributed by atoms with Crippen LogP contribution in [0.25, 0.3) is 32.5 Å². The van der Waals surface area contributed by atoms with Gasteiger partial charge in [-0.05, 0) is 29.0 Å². The van der Waals surface area contributed by atoms with Crippen LogP contribution in [0, 0.1) is 5.53 Å². The summed E-state index contributed by atoms with van der Waals surface area (Å²) in [6.45, 7) is 1.54. The highest BCUT2D eigenvalue weighted by Crippen LogP contribution is 2.00. The molecule has 0 saturated carbocycles. The quantitative estimate of drug-likeness (QED) is 0.349. The van der Waals surface area contributed by atoms with Gasteiger partial charge < -0.3 is 11.1 Å². The molecule has 7 nitrogen and oxygen atoms in total. The van der Waals surface area contributed by atoms with Crippen LogP contribution in [0.2, 0.25) is 0 Å². The lowest BCUT2D eigenvalue weighted by Gasteiger charge is -1.88. The van der Waals surface area contributed by atoms with Crippen LogP contribution in [0.3, 0.4) is 0 Å². The Morgan fingerprint density at radius 2 is 1.65 bits per heavy atom. The first-order valence-electron chi connectivity index (χ1n) is 4.35.